The van der Waals surface area contributed by atoms with Gasteiger partial charge in [0.25, 0.3) is 10.0 Å². The molecule has 6 heteroatoms. The van der Waals surface area contributed by atoms with Gasteiger partial charge in [0.1, 0.15) is 6.54 Å². The second-order valence-electron chi connectivity index (χ2n) is 4.22. The standard InChI is InChI=1S/C13H11NO4S/c1-18-12(15)8-14-10-6-2-4-9-5-3-7-11(13(9)10)19(14,16)17/h2-7H,8H2,1H3. The van der Waals surface area contributed by atoms with E-state index in [9.17, 15) is 13.2 Å². The van der Waals surface area contributed by atoms with Gasteiger partial charge in [0.15, 0.2) is 0 Å². The van der Waals surface area contributed by atoms with Gasteiger partial charge in [-0.1, -0.05) is 24.3 Å². The molecule has 0 fully saturated rings. The second kappa shape index (κ2) is 3.96. The fourth-order valence-electron chi connectivity index (χ4n) is 2.31. The molecule has 0 unspecified atom stereocenters. The monoisotopic (exact) mass is 277 g/mol. The summed E-state index contributed by atoms with van der Waals surface area (Å²) < 4.78 is 30.5. The highest BCUT2D eigenvalue weighted by atomic mass is 32.2. The first kappa shape index (κ1) is 12.0. The van der Waals surface area contributed by atoms with Crippen molar-refractivity contribution in [3.8, 4) is 0 Å². The van der Waals surface area contributed by atoms with Crippen molar-refractivity contribution in [3.63, 3.8) is 0 Å². The third-order valence-electron chi connectivity index (χ3n) is 3.18. The van der Waals surface area contributed by atoms with Crippen molar-refractivity contribution in [2.75, 3.05) is 18.0 Å². The zero-order valence-corrected chi connectivity index (χ0v) is 11.0. The molecular formula is C13H11NO4S. The number of benzene rings is 2. The summed E-state index contributed by atoms with van der Waals surface area (Å²) in [6, 6.07) is 10.4. The summed E-state index contributed by atoms with van der Waals surface area (Å²) in [4.78, 5) is 11.6. The molecule has 0 saturated heterocycles. The van der Waals surface area contributed by atoms with E-state index >= 15 is 0 Å². The molecule has 1 heterocycles. The number of carbonyl (C=O) groups excluding carboxylic acids is 1. The number of rotatable bonds is 2. The van der Waals surface area contributed by atoms with E-state index in [4.69, 9.17) is 0 Å². The van der Waals surface area contributed by atoms with Crippen molar-refractivity contribution in [3.05, 3.63) is 36.4 Å². The maximum absolute atomic E-state index is 12.4. The lowest BCUT2D eigenvalue weighted by Gasteiger charge is -2.16. The van der Waals surface area contributed by atoms with E-state index in [2.05, 4.69) is 4.74 Å². The average Bonchev–Trinajstić information content (AvgIpc) is 2.62. The smallest absolute Gasteiger partial charge is 0.326 e. The van der Waals surface area contributed by atoms with E-state index in [1.54, 1.807) is 24.3 Å². The number of carbonyl (C=O) groups is 1. The lowest BCUT2D eigenvalue weighted by atomic mass is 10.1. The van der Waals surface area contributed by atoms with Crippen molar-refractivity contribution in [1.29, 1.82) is 0 Å². The predicted molar refractivity (Wildman–Crippen MR) is 70.5 cm³/mol. The normalized spacial score (nSPS) is 15.7. The lowest BCUT2D eigenvalue weighted by molar-refractivity contribution is -0.138. The van der Waals surface area contributed by atoms with E-state index in [1.807, 2.05) is 12.1 Å². The largest absolute Gasteiger partial charge is 0.468 e. The van der Waals surface area contributed by atoms with E-state index in [1.165, 1.54) is 7.11 Å². The number of ether oxygens (including phenoxy) is 1. The Bertz CT molecular complexity index is 777. The van der Waals surface area contributed by atoms with Crippen LogP contribution in [0.3, 0.4) is 0 Å². The molecule has 1 aliphatic heterocycles. The van der Waals surface area contributed by atoms with Gasteiger partial charge in [-0.15, -0.1) is 0 Å². The van der Waals surface area contributed by atoms with Crippen LogP contribution < -0.4 is 4.31 Å². The van der Waals surface area contributed by atoms with Crippen LogP contribution in [0.5, 0.6) is 0 Å². The second-order valence-corrected chi connectivity index (χ2v) is 6.05. The minimum Gasteiger partial charge on any atom is -0.468 e. The molecule has 5 nitrogen and oxygen atoms in total. The predicted octanol–water partition coefficient (Wildman–Crippen LogP) is 1.52. The van der Waals surface area contributed by atoms with Crippen LogP contribution in [-0.4, -0.2) is 28.0 Å². The Labute approximate surface area is 110 Å². The number of anilines is 1. The maximum Gasteiger partial charge on any atom is 0.326 e. The average molecular weight is 277 g/mol. The fourth-order valence-corrected chi connectivity index (χ4v) is 3.97. The highest BCUT2D eigenvalue weighted by Gasteiger charge is 2.36. The van der Waals surface area contributed by atoms with Gasteiger partial charge >= 0.3 is 5.97 Å². The van der Waals surface area contributed by atoms with Gasteiger partial charge < -0.3 is 4.74 Å². The molecule has 0 atom stereocenters. The number of hydrogen-bond donors (Lipinski definition) is 0. The van der Waals surface area contributed by atoms with Crippen molar-refractivity contribution in [2.24, 2.45) is 0 Å². The number of nitrogens with zero attached hydrogens (tertiary/aromatic N) is 1. The minimum absolute atomic E-state index is 0.240. The summed E-state index contributed by atoms with van der Waals surface area (Å²) in [6.45, 7) is -0.313. The van der Waals surface area contributed by atoms with Gasteiger partial charge in [-0.2, -0.15) is 0 Å². The Balaban J connectivity index is 2.27. The maximum atomic E-state index is 12.4. The summed E-state index contributed by atoms with van der Waals surface area (Å²) in [6.07, 6.45) is 0. The molecule has 2 aromatic rings. The highest BCUT2D eigenvalue weighted by Crippen LogP contribution is 2.41. The van der Waals surface area contributed by atoms with E-state index in [0.717, 1.165) is 9.69 Å². The van der Waals surface area contributed by atoms with E-state index in [0.29, 0.717) is 11.1 Å². The molecule has 1 aliphatic rings. The van der Waals surface area contributed by atoms with Crippen LogP contribution in [-0.2, 0) is 19.6 Å². The van der Waals surface area contributed by atoms with Gasteiger partial charge in [0, 0.05) is 5.39 Å². The van der Waals surface area contributed by atoms with Gasteiger partial charge in [-0.25, -0.2) is 8.42 Å². The molecule has 0 N–H and O–H groups in total. The molecule has 0 amide bonds. The first-order valence-corrected chi connectivity index (χ1v) is 7.11. The van der Waals surface area contributed by atoms with Gasteiger partial charge in [-0.3, -0.25) is 9.10 Å². The Morgan fingerprint density at radius 2 is 1.89 bits per heavy atom. The zero-order valence-electron chi connectivity index (χ0n) is 10.2. The Hall–Kier alpha value is -2.08. The van der Waals surface area contributed by atoms with Crippen molar-refractivity contribution >= 4 is 32.5 Å². The molecule has 0 radical (unpaired) electrons. The Morgan fingerprint density at radius 3 is 2.58 bits per heavy atom. The summed E-state index contributed by atoms with van der Waals surface area (Å²) in [5, 5.41) is 1.50. The Morgan fingerprint density at radius 1 is 1.21 bits per heavy atom. The minimum atomic E-state index is -3.67. The quantitative estimate of drug-likeness (QED) is 0.781. The van der Waals surface area contributed by atoms with Crippen LogP contribution in [0.4, 0.5) is 5.69 Å². The van der Waals surface area contributed by atoms with Gasteiger partial charge in [-0.05, 0) is 17.5 Å². The summed E-state index contributed by atoms with van der Waals surface area (Å²) in [7, 11) is -2.44. The molecule has 0 saturated carbocycles. The number of methoxy groups -OCH3 is 1. The molecule has 98 valence electrons. The topological polar surface area (TPSA) is 63.7 Å². The van der Waals surface area contributed by atoms with E-state index in [-0.39, 0.29) is 11.4 Å². The SMILES string of the molecule is COC(=O)CN1c2cccc3cccc(c23)S1(=O)=O. The van der Waals surface area contributed by atoms with Crippen LogP contribution in [0.2, 0.25) is 0 Å². The first-order chi connectivity index (χ1) is 9.05. The van der Waals surface area contributed by atoms with Gasteiger partial charge in [0.05, 0.1) is 17.7 Å². The van der Waals surface area contributed by atoms with Crippen molar-refractivity contribution in [2.45, 2.75) is 4.90 Å². The Kier molecular flexibility index (Phi) is 2.50. The molecule has 0 aliphatic carbocycles. The van der Waals surface area contributed by atoms with Crippen LogP contribution in [0, 0.1) is 0 Å². The molecule has 0 bridgehead atoms. The van der Waals surface area contributed by atoms with Gasteiger partial charge in [0.2, 0.25) is 0 Å². The van der Waals surface area contributed by atoms with Crippen molar-refractivity contribution < 1.29 is 17.9 Å². The first-order valence-electron chi connectivity index (χ1n) is 5.67. The fraction of sp³-hybridized carbons (Fsp3) is 0.154. The molecule has 2 aromatic carbocycles. The van der Waals surface area contributed by atoms with Crippen LogP contribution in [0.1, 0.15) is 0 Å². The number of esters is 1. The van der Waals surface area contributed by atoms with Crippen molar-refractivity contribution in [1.82, 2.24) is 0 Å². The van der Waals surface area contributed by atoms with Crippen LogP contribution in [0.25, 0.3) is 10.8 Å². The zero-order chi connectivity index (χ0) is 13.6. The molecular weight excluding hydrogens is 266 g/mol. The van der Waals surface area contributed by atoms with Crippen LogP contribution in [0.15, 0.2) is 41.3 Å². The summed E-state index contributed by atoms with van der Waals surface area (Å²) in [5.41, 5.74) is 0.526. The lowest BCUT2D eigenvalue weighted by Crippen LogP contribution is -2.33. The third-order valence-corrected chi connectivity index (χ3v) is 4.98. The van der Waals surface area contributed by atoms with Crippen LogP contribution >= 0.6 is 0 Å². The molecule has 0 aromatic heterocycles. The highest BCUT2D eigenvalue weighted by molar-refractivity contribution is 7.93. The molecule has 0 spiro atoms. The van der Waals surface area contributed by atoms with E-state index < -0.39 is 16.0 Å². The molecule has 3 rings (SSSR count). The number of hydrogen-bond acceptors (Lipinski definition) is 4. The number of sulfonamides is 1. The summed E-state index contributed by atoms with van der Waals surface area (Å²) >= 11 is 0. The molecule has 19 heavy (non-hydrogen) atoms. The third kappa shape index (κ3) is 1.60. The summed E-state index contributed by atoms with van der Waals surface area (Å²) in [5.74, 6) is -0.589.